The fraction of sp³-hybridized carbons (Fsp3) is 0.500. The highest BCUT2D eigenvalue weighted by Crippen LogP contribution is 2.31. The summed E-state index contributed by atoms with van der Waals surface area (Å²) in [4.78, 5) is 11.2. The molecule has 1 saturated heterocycles. The number of allylic oxidation sites excluding steroid dienone is 1. The molecule has 0 unspecified atom stereocenters. The lowest BCUT2D eigenvalue weighted by Gasteiger charge is -2.33. The summed E-state index contributed by atoms with van der Waals surface area (Å²) in [5.74, 6) is 2.40. The molecule has 1 aromatic heterocycles. The second-order valence-electron chi connectivity index (χ2n) is 8.36. The molecular formula is C24H33N5. The fourth-order valence-corrected chi connectivity index (χ4v) is 4.55. The second-order valence-corrected chi connectivity index (χ2v) is 8.36. The molecule has 2 aromatic rings. The van der Waals surface area contributed by atoms with Gasteiger partial charge in [-0.25, -0.2) is 9.97 Å². The highest BCUT2D eigenvalue weighted by molar-refractivity contribution is 5.75. The summed E-state index contributed by atoms with van der Waals surface area (Å²) < 4.78 is 0. The van der Waals surface area contributed by atoms with Gasteiger partial charge in [-0.1, -0.05) is 42.0 Å². The molecule has 29 heavy (non-hydrogen) atoms. The van der Waals surface area contributed by atoms with Crippen molar-refractivity contribution in [3.8, 4) is 0 Å². The fourth-order valence-electron chi connectivity index (χ4n) is 4.55. The average Bonchev–Trinajstić information content (AvgIpc) is 2.77. The van der Waals surface area contributed by atoms with Gasteiger partial charge in [0.25, 0.3) is 0 Å². The van der Waals surface area contributed by atoms with Crippen molar-refractivity contribution >= 4 is 17.3 Å². The van der Waals surface area contributed by atoms with E-state index in [2.05, 4.69) is 56.6 Å². The molecule has 0 radical (unpaired) electrons. The van der Waals surface area contributed by atoms with Crippen molar-refractivity contribution in [3.05, 3.63) is 53.9 Å². The van der Waals surface area contributed by atoms with Gasteiger partial charge in [0.15, 0.2) is 11.6 Å². The van der Waals surface area contributed by atoms with E-state index in [4.69, 9.17) is 5.73 Å². The molecule has 0 spiro atoms. The highest BCUT2D eigenvalue weighted by Gasteiger charge is 2.23. The van der Waals surface area contributed by atoms with Gasteiger partial charge in [-0.05, 0) is 62.8 Å². The van der Waals surface area contributed by atoms with E-state index in [1.165, 1.54) is 44.1 Å². The lowest BCUT2D eigenvalue weighted by atomic mass is 9.90. The highest BCUT2D eigenvalue weighted by atomic mass is 15.2. The third kappa shape index (κ3) is 5.28. The van der Waals surface area contributed by atoms with Crippen molar-refractivity contribution in [1.29, 1.82) is 0 Å². The number of nitrogens with zero attached hydrogens (tertiary/aromatic N) is 3. The minimum Gasteiger partial charge on any atom is -0.393 e. The number of piperidine rings is 1. The van der Waals surface area contributed by atoms with Crippen molar-refractivity contribution in [1.82, 2.24) is 9.97 Å². The molecule has 3 N–H and O–H groups in total. The number of nitrogens with two attached hydrogens (primary N) is 1. The first-order valence-electron chi connectivity index (χ1n) is 11.1. The lowest BCUT2D eigenvalue weighted by molar-refractivity contribution is 0.402. The largest absolute Gasteiger partial charge is 0.393 e. The van der Waals surface area contributed by atoms with E-state index in [0.717, 1.165) is 50.0 Å². The number of nitrogens with one attached hydrogen (secondary N) is 1. The molecule has 0 saturated carbocycles. The summed E-state index contributed by atoms with van der Waals surface area (Å²) in [6.45, 7) is 2.89. The Morgan fingerprint density at radius 2 is 1.90 bits per heavy atom. The molecule has 0 bridgehead atoms. The van der Waals surface area contributed by atoms with Gasteiger partial charge < -0.3 is 16.0 Å². The zero-order valence-electron chi connectivity index (χ0n) is 17.3. The standard InChI is InChI=1S/C24H33N5/c25-22-23(26-14-11-19-7-3-1-4-8-19)27-18-28-24(22)29-15-12-21(13-16-29)17-20-9-5-2-6-10-20/h2,5-7,9-10,18,21H,1,3-4,8,11-17,25H2,(H,26,27,28). The number of nitrogen functional groups attached to an aromatic ring is 1. The molecule has 1 aromatic carbocycles. The minimum absolute atomic E-state index is 0.687. The van der Waals surface area contributed by atoms with E-state index in [1.54, 1.807) is 11.9 Å². The van der Waals surface area contributed by atoms with Crippen LogP contribution in [0.5, 0.6) is 0 Å². The Kier molecular flexibility index (Phi) is 6.65. The molecule has 1 fully saturated rings. The summed E-state index contributed by atoms with van der Waals surface area (Å²) in [7, 11) is 0. The summed E-state index contributed by atoms with van der Waals surface area (Å²) in [6, 6.07) is 10.8. The maximum absolute atomic E-state index is 6.45. The predicted octanol–water partition coefficient (Wildman–Crippen LogP) is 4.82. The maximum atomic E-state index is 6.45. The van der Waals surface area contributed by atoms with E-state index in [0.29, 0.717) is 5.69 Å². The molecule has 2 heterocycles. The van der Waals surface area contributed by atoms with Gasteiger partial charge in [0, 0.05) is 19.6 Å². The molecule has 5 heteroatoms. The van der Waals surface area contributed by atoms with Crippen LogP contribution in [0.3, 0.4) is 0 Å². The summed E-state index contributed by atoms with van der Waals surface area (Å²) in [5.41, 5.74) is 10.1. The third-order valence-electron chi connectivity index (χ3n) is 6.27. The molecule has 2 aliphatic rings. The first-order valence-corrected chi connectivity index (χ1v) is 11.1. The number of benzene rings is 1. The zero-order valence-corrected chi connectivity index (χ0v) is 17.3. The Bertz CT molecular complexity index is 809. The van der Waals surface area contributed by atoms with E-state index in [-0.39, 0.29) is 0 Å². The molecule has 1 aliphatic heterocycles. The number of aromatic nitrogens is 2. The van der Waals surface area contributed by atoms with Gasteiger partial charge in [-0.15, -0.1) is 0 Å². The van der Waals surface area contributed by atoms with Crippen LogP contribution in [0.15, 0.2) is 48.3 Å². The van der Waals surface area contributed by atoms with Crippen molar-refractivity contribution in [2.75, 3.05) is 35.6 Å². The van der Waals surface area contributed by atoms with E-state index < -0.39 is 0 Å². The molecule has 1 aliphatic carbocycles. The average molecular weight is 392 g/mol. The second kappa shape index (κ2) is 9.77. The van der Waals surface area contributed by atoms with Crippen LogP contribution in [0.25, 0.3) is 0 Å². The van der Waals surface area contributed by atoms with Gasteiger partial charge in [0.1, 0.15) is 12.0 Å². The van der Waals surface area contributed by atoms with Crippen LogP contribution in [0.2, 0.25) is 0 Å². The van der Waals surface area contributed by atoms with Crippen molar-refractivity contribution in [2.24, 2.45) is 5.92 Å². The number of hydrogen-bond donors (Lipinski definition) is 2. The van der Waals surface area contributed by atoms with Crippen LogP contribution in [0.4, 0.5) is 17.3 Å². The first kappa shape index (κ1) is 19.7. The first-order chi connectivity index (χ1) is 14.3. The van der Waals surface area contributed by atoms with E-state index >= 15 is 0 Å². The van der Waals surface area contributed by atoms with Crippen molar-refractivity contribution in [3.63, 3.8) is 0 Å². The SMILES string of the molecule is Nc1c(NCCC2=CCCCC2)ncnc1N1CCC(Cc2ccccc2)CC1. The van der Waals surface area contributed by atoms with Crippen LogP contribution >= 0.6 is 0 Å². The van der Waals surface area contributed by atoms with Gasteiger partial charge in [0.2, 0.25) is 0 Å². The Hall–Kier alpha value is -2.56. The molecule has 0 amide bonds. The Morgan fingerprint density at radius 1 is 1.07 bits per heavy atom. The molecule has 154 valence electrons. The van der Waals surface area contributed by atoms with Crippen molar-refractivity contribution in [2.45, 2.75) is 51.4 Å². The monoisotopic (exact) mass is 391 g/mol. The zero-order chi connectivity index (χ0) is 19.9. The van der Waals surface area contributed by atoms with Crippen molar-refractivity contribution < 1.29 is 0 Å². The van der Waals surface area contributed by atoms with Crippen LogP contribution in [0, 0.1) is 5.92 Å². The molecule has 5 nitrogen and oxygen atoms in total. The smallest absolute Gasteiger partial charge is 0.157 e. The molecular weight excluding hydrogens is 358 g/mol. The summed E-state index contributed by atoms with van der Waals surface area (Å²) >= 11 is 0. The van der Waals surface area contributed by atoms with Gasteiger partial charge in [-0.2, -0.15) is 0 Å². The van der Waals surface area contributed by atoms with Gasteiger partial charge in [-0.3, -0.25) is 0 Å². The Labute approximate surface area is 174 Å². The lowest BCUT2D eigenvalue weighted by Crippen LogP contribution is -2.35. The third-order valence-corrected chi connectivity index (χ3v) is 6.27. The summed E-state index contributed by atoms with van der Waals surface area (Å²) in [6.07, 6.45) is 13.8. The number of hydrogen-bond acceptors (Lipinski definition) is 5. The van der Waals surface area contributed by atoms with E-state index in [1.807, 2.05) is 0 Å². The van der Waals surface area contributed by atoms with Gasteiger partial charge in [0.05, 0.1) is 0 Å². The normalized spacial score (nSPS) is 17.8. The Balaban J connectivity index is 1.31. The Morgan fingerprint density at radius 3 is 2.66 bits per heavy atom. The quantitative estimate of drug-likeness (QED) is 0.662. The maximum Gasteiger partial charge on any atom is 0.157 e. The number of rotatable bonds is 7. The van der Waals surface area contributed by atoms with Crippen LogP contribution in [-0.2, 0) is 6.42 Å². The van der Waals surface area contributed by atoms with Crippen LogP contribution in [-0.4, -0.2) is 29.6 Å². The molecule has 4 rings (SSSR count). The van der Waals surface area contributed by atoms with Gasteiger partial charge >= 0.3 is 0 Å². The van der Waals surface area contributed by atoms with Crippen LogP contribution in [0.1, 0.15) is 50.5 Å². The predicted molar refractivity (Wildman–Crippen MR) is 121 cm³/mol. The number of anilines is 3. The molecule has 0 atom stereocenters. The minimum atomic E-state index is 0.687. The van der Waals surface area contributed by atoms with E-state index in [9.17, 15) is 0 Å². The van der Waals surface area contributed by atoms with Crippen LogP contribution < -0.4 is 16.0 Å². The summed E-state index contributed by atoms with van der Waals surface area (Å²) in [5, 5.41) is 3.44. The topological polar surface area (TPSA) is 67.1 Å².